The average Bonchev–Trinajstić information content (AvgIpc) is 2.24. The molecule has 0 aliphatic rings. The molecule has 0 aliphatic heterocycles. The summed E-state index contributed by atoms with van der Waals surface area (Å²) >= 11 is 0. The van der Waals surface area contributed by atoms with Gasteiger partial charge in [0.1, 0.15) is 0 Å². The van der Waals surface area contributed by atoms with Crippen LogP contribution in [0.4, 0.5) is 5.95 Å². The Morgan fingerprint density at radius 3 is 2.00 bits per heavy atom. The predicted octanol–water partition coefficient (Wildman–Crippen LogP) is 2.88. The zero-order chi connectivity index (χ0) is 10.7. The van der Waals surface area contributed by atoms with Crippen LogP contribution in [0.1, 0.15) is 33.4 Å². The molecule has 0 amide bonds. The predicted molar refractivity (Wildman–Crippen MR) is 59.0 cm³/mol. The van der Waals surface area contributed by atoms with Crippen LogP contribution in [-0.4, -0.2) is 17.0 Å². The molecule has 0 aromatic carbocycles. The van der Waals surface area contributed by atoms with Gasteiger partial charge in [-0.3, -0.25) is 0 Å². The van der Waals surface area contributed by atoms with E-state index < -0.39 is 0 Å². The number of anilines is 1. The lowest BCUT2D eigenvalue weighted by molar-refractivity contribution is 1.09. The van der Waals surface area contributed by atoms with E-state index in [4.69, 9.17) is 0 Å². The van der Waals surface area contributed by atoms with Crippen LogP contribution in [0.3, 0.4) is 0 Å². The summed E-state index contributed by atoms with van der Waals surface area (Å²) in [5.41, 5.74) is 0.981. The van der Waals surface area contributed by atoms with Crippen molar-refractivity contribution in [2.24, 2.45) is 0 Å². The molecular formula is C10H21N3. The van der Waals surface area contributed by atoms with Crippen LogP contribution in [0.25, 0.3) is 0 Å². The third-order valence-electron chi connectivity index (χ3n) is 1.02. The molecule has 0 spiro atoms. The zero-order valence-corrected chi connectivity index (χ0v) is 9.55. The van der Waals surface area contributed by atoms with E-state index in [1.54, 1.807) is 13.2 Å². The van der Waals surface area contributed by atoms with E-state index in [2.05, 4.69) is 15.3 Å². The topological polar surface area (TPSA) is 37.8 Å². The van der Waals surface area contributed by atoms with E-state index >= 15 is 0 Å². The van der Waals surface area contributed by atoms with Crippen molar-refractivity contribution in [2.75, 3.05) is 12.4 Å². The number of nitrogens with zero attached hydrogens (tertiary/aromatic N) is 2. The number of nitrogens with one attached hydrogen (secondary N) is 1. The Kier molecular flexibility index (Phi) is 12.1. The van der Waals surface area contributed by atoms with Gasteiger partial charge < -0.3 is 5.32 Å². The van der Waals surface area contributed by atoms with Gasteiger partial charge in [0.2, 0.25) is 5.95 Å². The van der Waals surface area contributed by atoms with Crippen LogP contribution >= 0.6 is 0 Å². The second-order valence-electron chi connectivity index (χ2n) is 1.77. The summed E-state index contributed by atoms with van der Waals surface area (Å²) in [6.07, 6.45) is 1.73. The van der Waals surface area contributed by atoms with Gasteiger partial charge in [-0.15, -0.1) is 0 Å². The van der Waals surface area contributed by atoms with Gasteiger partial charge in [0.25, 0.3) is 0 Å². The molecule has 1 rings (SSSR count). The quantitative estimate of drug-likeness (QED) is 0.727. The fraction of sp³-hybridized carbons (Fsp3) is 0.600. The highest BCUT2D eigenvalue weighted by Gasteiger charge is 1.88. The van der Waals surface area contributed by atoms with Crippen molar-refractivity contribution in [3.8, 4) is 0 Å². The molecule has 0 saturated carbocycles. The minimum absolute atomic E-state index is 0.676. The Morgan fingerprint density at radius 1 is 1.15 bits per heavy atom. The first kappa shape index (κ1) is 14.4. The summed E-state index contributed by atoms with van der Waals surface area (Å²) < 4.78 is 0. The first-order valence-corrected chi connectivity index (χ1v) is 4.80. The molecule has 76 valence electrons. The van der Waals surface area contributed by atoms with Crippen LogP contribution < -0.4 is 5.32 Å². The SMILES string of the molecule is CC.CC.CNc1nccc(C)n1. The second-order valence-corrected chi connectivity index (χ2v) is 1.77. The highest BCUT2D eigenvalue weighted by Crippen LogP contribution is 1.95. The van der Waals surface area contributed by atoms with Crippen LogP contribution in [-0.2, 0) is 0 Å². The van der Waals surface area contributed by atoms with Crippen molar-refractivity contribution >= 4 is 5.95 Å². The number of hydrogen-bond acceptors (Lipinski definition) is 3. The molecule has 0 saturated heterocycles. The van der Waals surface area contributed by atoms with Crippen molar-refractivity contribution < 1.29 is 0 Å². The van der Waals surface area contributed by atoms with Gasteiger partial charge in [0.05, 0.1) is 0 Å². The van der Waals surface area contributed by atoms with Gasteiger partial charge in [-0.05, 0) is 13.0 Å². The molecule has 1 aromatic heterocycles. The van der Waals surface area contributed by atoms with Gasteiger partial charge in [0, 0.05) is 18.9 Å². The van der Waals surface area contributed by atoms with Crippen molar-refractivity contribution in [3.63, 3.8) is 0 Å². The lowest BCUT2D eigenvalue weighted by atomic mass is 10.5. The number of aryl methyl sites for hydroxylation is 1. The zero-order valence-electron chi connectivity index (χ0n) is 9.55. The Morgan fingerprint density at radius 2 is 1.69 bits per heavy atom. The minimum Gasteiger partial charge on any atom is -0.357 e. The third kappa shape index (κ3) is 7.25. The van der Waals surface area contributed by atoms with E-state index in [1.165, 1.54) is 0 Å². The summed E-state index contributed by atoms with van der Waals surface area (Å²) in [4.78, 5) is 8.01. The van der Waals surface area contributed by atoms with Crippen LogP contribution in [0.15, 0.2) is 12.3 Å². The smallest absolute Gasteiger partial charge is 0.222 e. The average molecular weight is 183 g/mol. The molecule has 0 bridgehead atoms. The van der Waals surface area contributed by atoms with E-state index in [-0.39, 0.29) is 0 Å². The van der Waals surface area contributed by atoms with Gasteiger partial charge in [0.15, 0.2) is 0 Å². The Labute approximate surface area is 81.6 Å². The molecule has 0 radical (unpaired) electrons. The fourth-order valence-electron chi connectivity index (χ4n) is 0.569. The Balaban J connectivity index is 0. The number of hydrogen-bond donors (Lipinski definition) is 1. The normalized spacial score (nSPS) is 7.23. The van der Waals surface area contributed by atoms with E-state index in [0.29, 0.717) is 5.95 Å². The minimum atomic E-state index is 0.676. The van der Waals surface area contributed by atoms with Gasteiger partial charge in [-0.2, -0.15) is 0 Å². The largest absolute Gasteiger partial charge is 0.357 e. The van der Waals surface area contributed by atoms with E-state index in [0.717, 1.165) is 5.69 Å². The maximum absolute atomic E-state index is 4.07. The molecule has 3 heteroatoms. The molecule has 3 nitrogen and oxygen atoms in total. The molecule has 0 unspecified atom stereocenters. The molecule has 0 atom stereocenters. The van der Waals surface area contributed by atoms with Crippen LogP contribution in [0.2, 0.25) is 0 Å². The summed E-state index contributed by atoms with van der Waals surface area (Å²) in [5.74, 6) is 0.676. The van der Waals surface area contributed by atoms with E-state index in [1.807, 2.05) is 40.7 Å². The Bertz CT molecular complexity index is 199. The fourth-order valence-corrected chi connectivity index (χ4v) is 0.569. The summed E-state index contributed by atoms with van der Waals surface area (Å²) in [5, 5.41) is 2.85. The molecule has 1 N–H and O–H groups in total. The molecule has 0 aliphatic carbocycles. The standard InChI is InChI=1S/C6H9N3.2C2H6/c1-5-3-4-8-6(7-2)9-5;2*1-2/h3-4H,1-2H3,(H,7,8,9);2*1-2H3. The maximum atomic E-state index is 4.07. The lowest BCUT2D eigenvalue weighted by Gasteiger charge is -1.95. The van der Waals surface area contributed by atoms with Gasteiger partial charge >= 0.3 is 0 Å². The summed E-state index contributed by atoms with van der Waals surface area (Å²) in [6.45, 7) is 9.93. The maximum Gasteiger partial charge on any atom is 0.222 e. The summed E-state index contributed by atoms with van der Waals surface area (Å²) in [6, 6.07) is 1.86. The molecule has 0 fully saturated rings. The van der Waals surface area contributed by atoms with Crippen molar-refractivity contribution in [2.45, 2.75) is 34.6 Å². The molecule has 13 heavy (non-hydrogen) atoms. The van der Waals surface area contributed by atoms with Crippen molar-refractivity contribution in [1.29, 1.82) is 0 Å². The number of aromatic nitrogens is 2. The van der Waals surface area contributed by atoms with Crippen LogP contribution in [0.5, 0.6) is 0 Å². The van der Waals surface area contributed by atoms with Crippen molar-refractivity contribution in [3.05, 3.63) is 18.0 Å². The number of rotatable bonds is 1. The first-order chi connectivity index (χ1) is 6.33. The second kappa shape index (κ2) is 10.9. The summed E-state index contributed by atoms with van der Waals surface area (Å²) in [7, 11) is 1.80. The first-order valence-electron chi connectivity index (χ1n) is 4.80. The molecular weight excluding hydrogens is 162 g/mol. The lowest BCUT2D eigenvalue weighted by Crippen LogP contribution is -1.95. The van der Waals surface area contributed by atoms with Crippen molar-refractivity contribution in [1.82, 2.24) is 9.97 Å². The van der Waals surface area contributed by atoms with Gasteiger partial charge in [-0.25, -0.2) is 9.97 Å². The highest BCUT2D eigenvalue weighted by atomic mass is 15.1. The monoisotopic (exact) mass is 183 g/mol. The molecule has 1 heterocycles. The van der Waals surface area contributed by atoms with Gasteiger partial charge in [-0.1, -0.05) is 27.7 Å². The highest BCUT2D eigenvalue weighted by molar-refractivity contribution is 5.22. The Hall–Kier alpha value is -1.12. The van der Waals surface area contributed by atoms with Crippen LogP contribution in [0, 0.1) is 6.92 Å². The molecule has 1 aromatic rings. The third-order valence-corrected chi connectivity index (χ3v) is 1.02. The van der Waals surface area contributed by atoms with E-state index in [9.17, 15) is 0 Å².